The molecule has 1 saturated heterocycles. The van der Waals surface area contributed by atoms with E-state index in [0.717, 1.165) is 51.7 Å². The van der Waals surface area contributed by atoms with Gasteiger partial charge >= 0.3 is 0 Å². The second kappa shape index (κ2) is 6.45. The van der Waals surface area contributed by atoms with Crippen molar-refractivity contribution in [1.29, 1.82) is 0 Å². The monoisotopic (exact) mass is 246 g/mol. The Morgan fingerprint density at radius 1 is 1.25 bits per heavy atom. The van der Waals surface area contributed by atoms with Crippen molar-refractivity contribution in [1.82, 2.24) is 10.2 Å². The van der Waals surface area contributed by atoms with Crippen LogP contribution in [0.4, 0.5) is 0 Å². The van der Waals surface area contributed by atoms with Crippen LogP contribution in [0, 0.1) is 5.92 Å². The van der Waals surface area contributed by atoms with E-state index in [-0.39, 0.29) is 12.4 Å². The summed E-state index contributed by atoms with van der Waals surface area (Å²) in [6.45, 7) is 5.26. The van der Waals surface area contributed by atoms with E-state index < -0.39 is 0 Å². The van der Waals surface area contributed by atoms with Gasteiger partial charge in [0, 0.05) is 18.5 Å². The van der Waals surface area contributed by atoms with Crippen LogP contribution in [0.3, 0.4) is 0 Å². The third-order valence-electron chi connectivity index (χ3n) is 3.42. The van der Waals surface area contributed by atoms with Crippen LogP contribution in [-0.4, -0.2) is 36.5 Å². The van der Waals surface area contributed by atoms with Crippen molar-refractivity contribution in [2.24, 2.45) is 5.92 Å². The summed E-state index contributed by atoms with van der Waals surface area (Å²) in [5.74, 6) is 0.815. The van der Waals surface area contributed by atoms with Crippen LogP contribution < -0.4 is 5.32 Å². The number of amides is 1. The average molecular weight is 247 g/mol. The molecule has 0 radical (unpaired) electrons. The van der Waals surface area contributed by atoms with Crippen molar-refractivity contribution in [3.8, 4) is 0 Å². The maximum Gasteiger partial charge on any atom is 0.225 e. The minimum Gasteiger partial charge on any atom is -0.339 e. The second-order valence-electron chi connectivity index (χ2n) is 4.79. The van der Waals surface area contributed by atoms with Crippen LogP contribution >= 0.6 is 12.4 Å². The summed E-state index contributed by atoms with van der Waals surface area (Å²) >= 11 is 0. The number of piperidine rings is 1. The lowest BCUT2D eigenvalue weighted by Crippen LogP contribution is -2.47. The number of halogens is 1. The molecular formula is C12H23ClN2O. The molecule has 4 heteroatoms. The standard InChI is InChI=1S/C12H22N2O.ClH/c1-2-9-14(12(15)10-3-4-10)11-5-7-13-8-6-11;/h10-11,13H,2-9H2,1H3;1H. The molecule has 0 aromatic carbocycles. The van der Waals surface area contributed by atoms with E-state index in [2.05, 4.69) is 17.1 Å². The van der Waals surface area contributed by atoms with E-state index in [1.165, 1.54) is 0 Å². The van der Waals surface area contributed by atoms with Gasteiger partial charge in [0.15, 0.2) is 0 Å². The van der Waals surface area contributed by atoms with Gasteiger partial charge in [-0.05, 0) is 45.2 Å². The Labute approximate surface area is 104 Å². The summed E-state index contributed by atoms with van der Waals surface area (Å²) in [7, 11) is 0. The zero-order valence-corrected chi connectivity index (χ0v) is 10.9. The molecule has 1 amide bonds. The summed E-state index contributed by atoms with van der Waals surface area (Å²) in [5, 5.41) is 3.36. The normalized spacial score (nSPS) is 21.3. The zero-order valence-electron chi connectivity index (χ0n) is 10.1. The Balaban J connectivity index is 0.00000128. The maximum atomic E-state index is 12.1. The van der Waals surface area contributed by atoms with Crippen LogP contribution in [0.25, 0.3) is 0 Å². The number of nitrogens with one attached hydrogen (secondary N) is 1. The maximum absolute atomic E-state index is 12.1. The first-order valence-electron chi connectivity index (χ1n) is 6.34. The van der Waals surface area contributed by atoms with Crippen LogP contribution in [0.15, 0.2) is 0 Å². The number of hydrogen-bond acceptors (Lipinski definition) is 2. The number of carbonyl (C=O) groups is 1. The second-order valence-corrected chi connectivity index (χ2v) is 4.79. The molecular weight excluding hydrogens is 224 g/mol. The molecule has 1 aliphatic heterocycles. The van der Waals surface area contributed by atoms with Gasteiger partial charge in [0.25, 0.3) is 0 Å². The topological polar surface area (TPSA) is 32.3 Å². The predicted octanol–water partition coefficient (Wildman–Crippen LogP) is 1.81. The lowest BCUT2D eigenvalue weighted by molar-refractivity contribution is -0.135. The van der Waals surface area contributed by atoms with Gasteiger partial charge in [-0.2, -0.15) is 0 Å². The summed E-state index contributed by atoms with van der Waals surface area (Å²) in [5.41, 5.74) is 0. The first kappa shape index (κ1) is 13.8. The van der Waals surface area contributed by atoms with Crippen molar-refractivity contribution in [3.63, 3.8) is 0 Å². The third-order valence-corrected chi connectivity index (χ3v) is 3.42. The Hall–Kier alpha value is -0.280. The fourth-order valence-electron chi connectivity index (χ4n) is 2.40. The smallest absolute Gasteiger partial charge is 0.225 e. The molecule has 0 unspecified atom stereocenters. The fraction of sp³-hybridized carbons (Fsp3) is 0.917. The zero-order chi connectivity index (χ0) is 10.7. The van der Waals surface area contributed by atoms with Crippen molar-refractivity contribution in [2.45, 2.75) is 45.1 Å². The van der Waals surface area contributed by atoms with Crippen LogP contribution in [0.2, 0.25) is 0 Å². The first-order valence-corrected chi connectivity index (χ1v) is 6.34. The Bertz CT molecular complexity index is 225. The number of nitrogens with zero attached hydrogens (tertiary/aromatic N) is 1. The van der Waals surface area contributed by atoms with Crippen LogP contribution in [0.5, 0.6) is 0 Å². The van der Waals surface area contributed by atoms with Crippen molar-refractivity contribution < 1.29 is 4.79 Å². The molecule has 2 fully saturated rings. The van der Waals surface area contributed by atoms with Gasteiger partial charge in [-0.3, -0.25) is 4.79 Å². The molecule has 0 aromatic rings. The number of rotatable bonds is 4. The van der Waals surface area contributed by atoms with Crippen LogP contribution in [-0.2, 0) is 4.79 Å². The van der Waals surface area contributed by atoms with Gasteiger partial charge in [0.1, 0.15) is 0 Å². The predicted molar refractivity (Wildman–Crippen MR) is 67.9 cm³/mol. The fourth-order valence-corrected chi connectivity index (χ4v) is 2.40. The van der Waals surface area contributed by atoms with Crippen LogP contribution in [0.1, 0.15) is 39.0 Å². The van der Waals surface area contributed by atoms with Gasteiger partial charge < -0.3 is 10.2 Å². The Kier molecular flexibility index (Phi) is 5.56. The Morgan fingerprint density at radius 3 is 2.38 bits per heavy atom. The van der Waals surface area contributed by atoms with Gasteiger partial charge in [0.2, 0.25) is 5.91 Å². The van der Waals surface area contributed by atoms with Gasteiger partial charge in [-0.25, -0.2) is 0 Å². The molecule has 1 heterocycles. The molecule has 2 rings (SSSR count). The lowest BCUT2D eigenvalue weighted by Gasteiger charge is -2.34. The highest BCUT2D eigenvalue weighted by Gasteiger charge is 2.36. The lowest BCUT2D eigenvalue weighted by atomic mass is 10.0. The van der Waals surface area contributed by atoms with Crippen molar-refractivity contribution in [2.75, 3.05) is 19.6 Å². The number of carbonyl (C=O) groups excluding carboxylic acids is 1. The molecule has 1 saturated carbocycles. The van der Waals surface area contributed by atoms with E-state index in [9.17, 15) is 4.79 Å². The summed E-state index contributed by atoms with van der Waals surface area (Å²) in [4.78, 5) is 14.3. The Morgan fingerprint density at radius 2 is 1.88 bits per heavy atom. The molecule has 0 bridgehead atoms. The van der Waals surface area contributed by atoms with Crippen molar-refractivity contribution in [3.05, 3.63) is 0 Å². The average Bonchev–Trinajstić information content (AvgIpc) is 3.10. The SMILES string of the molecule is CCCN(C(=O)C1CC1)C1CCNCC1.Cl. The molecule has 0 spiro atoms. The highest BCUT2D eigenvalue weighted by Crippen LogP contribution is 2.32. The molecule has 16 heavy (non-hydrogen) atoms. The van der Waals surface area contributed by atoms with Gasteiger partial charge in [0.05, 0.1) is 0 Å². The molecule has 0 atom stereocenters. The molecule has 1 aliphatic carbocycles. The largest absolute Gasteiger partial charge is 0.339 e. The van der Waals surface area contributed by atoms with Crippen molar-refractivity contribution >= 4 is 18.3 Å². The minimum absolute atomic E-state index is 0. The van der Waals surface area contributed by atoms with E-state index in [0.29, 0.717) is 17.9 Å². The molecule has 94 valence electrons. The van der Waals surface area contributed by atoms with E-state index in [1.54, 1.807) is 0 Å². The summed E-state index contributed by atoms with van der Waals surface area (Å²) in [6, 6.07) is 0.513. The highest BCUT2D eigenvalue weighted by atomic mass is 35.5. The summed E-state index contributed by atoms with van der Waals surface area (Å²) < 4.78 is 0. The van der Waals surface area contributed by atoms with E-state index in [1.807, 2.05) is 0 Å². The molecule has 0 aromatic heterocycles. The van der Waals surface area contributed by atoms with Gasteiger partial charge in [-0.15, -0.1) is 12.4 Å². The molecule has 3 nitrogen and oxygen atoms in total. The number of hydrogen-bond donors (Lipinski definition) is 1. The van der Waals surface area contributed by atoms with Gasteiger partial charge in [-0.1, -0.05) is 6.92 Å². The quantitative estimate of drug-likeness (QED) is 0.821. The first-order chi connectivity index (χ1) is 7.33. The summed E-state index contributed by atoms with van der Waals surface area (Å²) in [6.07, 6.45) is 5.62. The van der Waals surface area contributed by atoms with E-state index >= 15 is 0 Å². The molecule has 2 aliphatic rings. The minimum atomic E-state index is 0. The molecule has 1 N–H and O–H groups in total. The highest BCUT2D eigenvalue weighted by molar-refractivity contribution is 5.85. The third kappa shape index (κ3) is 3.36. The van der Waals surface area contributed by atoms with E-state index in [4.69, 9.17) is 0 Å².